The number of hydrogen-bond acceptors (Lipinski definition) is 6. The second-order valence-corrected chi connectivity index (χ2v) is 5.23. The van der Waals surface area contributed by atoms with Crippen LogP contribution in [-0.4, -0.2) is 34.9 Å². The maximum absolute atomic E-state index is 12.5. The van der Waals surface area contributed by atoms with Crippen LogP contribution in [0.4, 0.5) is 5.82 Å². The molecule has 7 heteroatoms. The number of hydrogen-bond donors (Lipinski definition) is 2. The summed E-state index contributed by atoms with van der Waals surface area (Å²) in [6.07, 6.45) is 0. The standard InChI is InChI=1S/C17H18N4O3/c1-4-24-17(22)12-9(2)19-16-14(15(18)20-21-16)13(12)10-5-7-11(23-3)8-6-10/h5-8H,4H2,1-3H3,(H3,18,19,20,21). The summed E-state index contributed by atoms with van der Waals surface area (Å²) in [7, 11) is 1.60. The van der Waals surface area contributed by atoms with Crippen LogP contribution >= 0.6 is 0 Å². The number of carbonyl (C=O) groups is 1. The highest BCUT2D eigenvalue weighted by molar-refractivity contribution is 6.10. The average molecular weight is 326 g/mol. The third kappa shape index (κ3) is 2.54. The minimum atomic E-state index is -0.434. The molecule has 0 saturated heterocycles. The van der Waals surface area contributed by atoms with Gasteiger partial charge in [0.2, 0.25) is 0 Å². The number of H-pyrrole nitrogens is 1. The highest BCUT2D eigenvalue weighted by Gasteiger charge is 2.24. The van der Waals surface area contributed by atoms with Crippen molar-refractivity contribution in [3.8, 4) is 16.9 Å². The summed E-state index contributed by atoms with van der Waals surface area (Å²) in [5, 5.41) is 7.44. The van der Waals surface area contributed by atoms with E-state index < -0.39 is 5.97 Å². The first-order chi connectivity index (χ1) is 11.6. The predicted molar refractivity (Wildman–Crippen MR) is 91.0 cm³/mol. The molecule has 7 nitrogen and oxygen atoms in total. The van der Waals surface area contributed by atoms with Crippen molar-refractivity contribution in [3.63, 3.8) is 0 Å². The van der Waals surface area contributed by atoms with Gasteiger partial charge in [0.15, 0.2) is 5.65 Å². The summed E-state index contributed by atoms with van der Waals surface area (Å²) in [6, 6.07) is 7.37. The molecule has 0 unspecified atom stereocenters. The van der Waals surface area contributed by atoms with Crippen LogP contribution in [0.3, 0.4) is 0 Å². The van der Waals surface area contributed by atoms with Gasteiger partial charge in [-0.15, -0.1) is 0 Å². The Labute approximate surface area is 138 Å². The number of aryl methyl sites for hydroxylation is 1. The molecule has 3 rings (SSSR count). The molecule has 2 aromatic heterocycles. The quantitative estimate of drug-likeness (QED) is 0.715. The Morgan fingerprint density at radius 3 is 2.62 bits per heavy atom. The van der Waals surface area contributed by atoms with Crippen molar-refractivity contribution in [1.29, 1.82) is 0 Å². The van der Waals surface area contributed by atoms with Gasteiger partial charge in [-0.3, -0.25) is 5.10 Å². The Bertz CT molecular complexity index is 900. The monoisotopic (exact) mass is 326 g/mol. The van der Waals surface area contributed by atoms with Gasteiger partial charge in [-0.1, -0.05) is 12.1 Å². The zero-order chi connectivity index (χ0) is 17.3. The fraction of sp³-hybridized carbons (Fsp3) is 0.235. The number of nitrogen functional groups attached to an aromatic ring is 1. The number of aromatic nitrogens is 3. The van der Waals surface area contributed by atoms with Crippen molar-refractivity contribution < 1.29 is 14.3 Å². The van der Waals surface area contributed by atoms with Crippen molar-refractivity contribution in [1.82, 2.24) is 15.2 Å². The molecule has 0 radical (unpaired) electrons. The van der Waals surface area contributed by atoms with Crippen LogP contribution in [0.2, 0.25) is 0 Å². The van der Waals surface area contributed by atoms with E-state index in [4.69, 9.17) is 15.2 Å². The van der Waals surface area contributed by atoms with Crippen LogP contribution in [0.15, 0.2) is 24.3 Å². The van der Waals surface area contributed by atoms with E-state index in [1.54, 1.807) is 21.0 Å². The number of nitrogens with one attached hydrogen (secondary N) is 1. The van der Waals surface area contributed by atoms with E-state index in [1.807, 2.05) is 24.3 Å². The molecular formula is C17H18N4O3. The van der Waals surface area contributed by atoms with E-state index in [2.05, 4.69) is 15.2 Å². The van der Waals surface area contributed by atoms with Crippen LogP contribution in [0.5, 0.6) is 5.75 Å². The van der Waals surface area contributed by atoms with Crippen molar-refractivity contribution in [2.45, 2.75) is 13.8 Å². The third-order valence-corrected chi connectivity index (χ3v) is 3.77. The van der Waals surface area contributed by atoms with E-state index >= 15 is 0 Å². The lowest BCUT2D eigenvalue weighted by atomic mass is 9.96. The van der Waals surface area contributed by atoms with Gasteiger partial charge in [0.25, 0.3) is 0 Å². The Hall–Kier alpha value is -3.09. The summed E-state index contributed by atoms with van der Waals surface area (Å²) in [4.78, 5) is 16.9. The molecule has 3 N–H and O–H groups in total. The fourth-order valence-electron chi connectivity index (χ4n) is 2.69. The molecule has 1 aromatic carbocycles. The molecule has 0 atom stereocenters. The number of fused-ring (bicyclic) bond motifs is 1. The van der Waals surface area contributed by atoms with Crippen molar-refractivity contribution in [2.24, 2.45) is 0 Å². The molecule has 0 bridgehead atoms. The molecule has 2 heterocycles. The van der Waals surface area contributed by atoms with Gasteiger partial charge in [-0.05, 0) is 31.5 Å². The molecule has 124 valence electrons. The van der Waals surface area contributed by atoms with Gasteiger partial charge in [-0.2, -0.15) is 5.10 Å². The van der Waals surface area contributed by atoms with Gasteiger partial charge in [-0.25, -0.2) is 9.78 Å². The van der Waals surface area contributed by atoms with Crippen LogP contribution in [0.1, 0.15) is 23.0 Å². The molecule has 0 amide bonds. The number of esters is 1. The van der Waals surface area contributed by atoms with Gasteiger partial charge >= 0.3 is 5.97 Å². The number of anilines is 1. The summed E-state index contributed by atoms with van der Waals surface area (Å²) in [6.45, 7) is 3.79. The van der Waals surface area contributed by atoms with Gasteiger partial charge < -0.3 is 15.2 Å². The van der Waals surface area contributed by atoms with Gasteiger partial charge in [0.05, 0.1) is 30.4 Å². The zero-order valence-corrected chi connectivity index (χ0v) is 13.7. The molecule has 24 heavy (non-hydrogen) atoms. The lowest BCUT2D eigenvalue weighted by Crippen LogP contribution is -2.10. The topological polar surface area (TPSA) is 103 Å². The fourth-order valence-corrected chi connectivity index (χ4v) is 2.69. The lowest BCUT2D eigenvalue weighted by Gasteiger charge is -2.13. The summed E-state index contributed by atoms with van der Waals surface area (Å²) in [5.74, 6) is 0.642. The largest absolute Gasteiger partial charge is 0.497 e. The highest BCUT2D eigenvalue weighted by atomic mass is 16.5. The molecule has 0 spiro atoms. The molecule has 0 saturated carbocycles. The molecule has 3 aromatic rings. The van der Waals surface area contributed by atoms with Gasteiger partial charge in [0, 0.05) is 5.56 Å². The Morgan fingerprint density at radius 1 is 1.29 bits per heavy atom. The molecular weight excluding hydrogens is 308 g/mol. The number of aromatic amines is 1. The molecule has 0 aliphatic carbocycles. The number of ether oxygens (including phenoxy) is 2. The minimum Gasteiger partial charge on any atom is -0.497 e. The molecule has 0 aliphatic heterocycles. The number of benzene rings is 1. The lowest BCUT2D eigenvalue weighted by molar-refractivity contribution is 0.0526. The normalized spacial score (nSPS) is 10.8. The van der Waals surface area contributed by atoms with Gasteiger partial charge in [0.1, 0.15) is 11.6 Å². The Balaban J connectivity index is 2.34. The maximum Gasteiger partial charge on any atom is 0.340 e. The number of nitrogens with two attached hydrogens (primary N) is 1. The number of methoxy groups -OCH3 is 1. The summed E-state index contributed by atoms with van der Waals surface area (Å²) >= 11 is 0. The number of carbonyl (C=O) groups excluding carboxylic acids is 1. The maximum atomic E-state index is 12.5. The first kappa shape index (κ1) is 15.8. The van der Waals surface area contributed by atoms with E-state index in [1.165, 1.54) is 0 Å². The van der Waals surface area contributed by atoms with E-state index in [9.17, 15) is 4.79 Å². The molecule has 0 aliphatic rings. The molecule has 0 fully saturated rings. The van der Waals surface area contributed by atoms with Crippen LogP contribution in [0, 0.1) is 6.92 Å². The minimum absolute atomic E-state index is 0.277. The first-order valence-electron chi connectivity index (χ1n) is 7.52. The Kier molecular flexibility index (Phi) is 4.07. The zero-order valence-electron chi connectivity index (χ0n) is 13.7. The van der Waals surface area contributed by atoms with Crippen LogP contribution < -0.4 is 10.5 Å². The van der Waals surface area contributed by atoms with E-state index in [-0.39, 0.29) is 6.61 Å². The van der Waals surface area contributed by atoms with Crippen molar-refractivity contribution >= 4 is 22.8 Å². The number of rotatable bonds is 4. The van der Waals surface area contributed by atoms with Crippen molar-refractivity contribution in [2.75, 3.05) is 19.5 Å². The van der Waals surface area contributed by atoms with Crippen molar-refractivity contribution in [3.05, 3.63) is 35.5 Å². The third-order valence-electron chi connectivity index (χ3n) is 3.77. The number of nitrogens with zero attached hydrogens (tertiary/aromatic N) is 2. The average Bonchev–Trinajstić information content (AvgIpc) is 2.94. The highest BCUT2D eigenvalue weighted by Crippen LogP contribution is 2.36. The second kappa shape index (κ2) is 6.19. The van der Waals surface area contributed by atoms with E-state index in [0.717, 1.165) is 11.3 Å². The first-order valence-corrected chi connectivity index (χ1v) is 7.52. The predicted octanol–water partition coefficient (Wildman–Crippen LogP) is 2.70. The summed E-state index contributed by atoms with van der Waals surface area (Å²) in [5.41, 5.74) is 8.89. The smallest absolute Gasteiger partial charge is 0.340 e. The van der Waals surface area contributed by atoms with E-state index in [0.29, 0.717) is 33.7 Å². The van der Waals surface area contributed by atoms with Crippen LogP contribution in [-0.2, 0) is 4.74 Å². The Morgan fingerprint density at radius 2 is 2.00 bits per heavy atom. The SMILES string of the molecule is CCOC(=O)c1c(C)nc2n[nH]c(N)c2c1-c1ccc(OC)cc1. The van der Waals surface area contributed by atoms with Crippen LogP contribution in [0.25, 0.3) is 22.2 Å². The second-order valence-electron chi connectivity index (χ2n) is 5.23. The summed E-state index contributed by atoms with van der Waals surface area (Å²) < 4.78 is 10.4. The number of pyridine rings is 1.